The summed E-state index contributed by atoms with van der Waals surface area (Å²) >= 11 is 9.47. The molecule has 0 radical (unpaired) electrons. The second-order valence-electron chi connectivity index (χ2n) is 5.03. The molecule has 4 rings (SSSR count). The number of hydrogen-bond acceptors (Lipinski definition) is 2. The van der Waals surface area contributed by atoms with E-state index in [0.717, 1.165) is 15.7 Å². The first kappa shape index (κ1) is 12.4. The van der Waals surface area contributed by atoms with Gasteiger partial charge in [0, 0.05) is 34.9 Å². The molecule has 1 aromatic carbocycles. The molecule has 0 aliphatic heterocycles. The second kappa shape index (κ2) is 4.57. The van der Waals surface area contributed by atoms with Crippen LogP contribution in [0, 0.1) is 0 Å². The lowest BCUT2D eigenvalue weighted by molar-refractivity contribution is 0.776. The predicted octanol–water partition coefficient (Wildman–Crippen LogP) is 4.85. The first-order valence-corrected chi connectivity index (χ1v) is 7.69. The third kappa shape index (κ3) is 1.95. The van der Waals surface area contributed by atoms with Crippen LogP contribution < -0.4 is 0 Å². The summed E-state index contributed by atoms with van der Waals surface area (Å²) < 4.78 is 3.22. The van der Waals surface area contributed by atoms with Gasteiger partial charge in [-0.1, -0.05) is 18.2 Å². The van der Waals surface area contributed by atoms with Crippen LogP contribution in [0.1, 0.15) is 18.9 Å². The van der Waals surface area contributed by atoms with Crippen LogP contribution in [-0.2, 0) is 0 Å². The molecular formula is C15H11BrClN3. The zero-order valence-corrected chi connectivity index (χ0v) is 12.9. The van der Waals surface area contributed by atoms with E-state index in [1.54, 1.807) is 6.20 Å². The number of nitrogens with zero attached hydrogens (tertiary/aromatic N) is 3. The summed E-state index contributed by atoms with van der Waals surface area (Å²) in [5, 5.41) is 1.47. The van der Waals surface area contributed by atoms with Crippen LogP contribution >= 0.6 is 27.5 Å². The van der Waals surface area contributed by atoms with Crippen molar-refractivity contribution >= 4 is 38.4 Å². The van der Waals surface area contributed by atoms with Gasteiger partial charge in [0.2, 0.25) is 5.28 Å². The first-order valence-electron chi connectivity index (χ1n) is 6.52. The first-order chi connectivity index (χ1) is 9.74. The fraction of sp³-hybridized carbons (Fsp3) is 0.200. The van der Waals surface area contributed by atoms with Gasteiger partial charge in [0.15, 0.2) is 0 Å². The van der Waals surface area contributed by atoms with E-state index in [1.807, 2.05) is 0 Å². The lowest BCUT2D eigenvalue weighted by atomic mass is 10.1. The highest BCUT2D eigenvalue weighted by atomic mass is 79.9. The Labute approximate surface area is 129 Å². The number of halogens is 2. The Morgan fingerprint density at radius 1 is 1.25 bits per heavy atom. The van der Waals surface area contributed by atoms with E-state index < -0.39 is 0 Å². The molecule has 1 aliphatic carbocycles. The van der Waals surface area contributed by atoms with Crippen LogP contribution in [0.5, 0.6) is 0 Å². The quantitative estimate of drug-likeness (QED) is 0.620. The molecule has 0 atom stereocenters. The average molecular weight is 349 g/mol. The summed E-state index contributed by atoms with van der Waals surface area (Å²) in [6.45, 7) is 0. The van der Waals surface area contributed by atoms with E-state index in [-0.39, 0.29) is 5.28 Å². The molecule has 5 heteroatoms. The van der Waals surface area contributed by atoms with Crippen molar-refractivity contribution in [2.45, 2.75) is 18.9 Å². The maximum atomic E-state index is 5.95. The number of para-hydroxylation sites is 1. The fourth-order valence-corrected chi connectivity index (χ4v) is 3.12. The third-order valence-corrected chi connectivity index (χ3v) is 4.41. The van der Waals surface area contributed by atoms with Gasteiger partial charge < -0.3 is 4.57 Å². The normalized spacial score (nSPS) is 14.9. The number of rotatable bonds is 2. The van der Waals surface area contributed by atoms with E-state index in [9.17, 15) is 0 Å². The summed E-state index contributed by atoms with van der Waals surface area (Å²) in [6.07, 6.45) is 6.40. The second-order valence-corrected chi connectivity index (χ2v) is 6.23. The van der Waals surface area contributed by atoms with Crippen molar-refractivity contribution in [3.8, 4) is 11.3 Å². The Balaban J connectivity index is 2.02. The van der Waals surface area contributed by atoms with Gasteiger partial charge >= 0.3 is 0 Å². The SMILES string of the molecule is Clc1ncc(Br)c(-c2cn(C3CC3)c3ccccc23)n1. The van der Waals surface area contributed by atoms with Crippen molar-refractivity contribution in [2.24, 2.45) is 0 Å². The highest BCUT2D eigenvalue weighted by molar-refractivity contribution is 9.10. The van der Waals surface area contributed by atoms with Crippen LogP contribution in [0.15, 0.2) is 41.1 Å². The van der Waals surface area contributed by atoms with Crippen molar-refractivity contribution in [3.05, 3.63) is 46.4 Å². The monoisotopic (exact) mass is 347 g/mol. The molecule has 1 fully saturated rings. The smallest absolute Gasteiger partial charge is 0.222 e. The van der Waals surface area contributed by atoms with Crippen molar-refractivity contribution < 1.29 is 0 Å². The number of fused-ring (bicyclic) bond motifs is 1. The largest absolute Gasteiger partial charge is 0.344 e. The van der Waals surface area contributed by atoms with Crippen molar-refractivity contribution in [1.29, 1.82) is 0 Å². The van der Waals surface area contributed by atoms with Gasteiger partial charge in [0.25, 0.3) is 0 Å². The van der Waals surface area contributed by atoms with Crippen LogP contribution in [0.25, 0.3) is 22.2 Å². The molecule has 100 valence electrons. The lowest BCUT2D eigenvalue weighted by Crippen LogP contribution is -1.90. The Bertz CT molecular complexity index is 808. The minimum atomic E-state index is 0.270. The van der Waals surface area contributed by atoms with Crippen LogP contribution in [0.4, 0.5) is 0 Å². The zero-order chi connectivity index (χ0) is 13.7. The van der Waals surface area contributed by atoms with Crippen molar-refractivity contribution in [2.75, 3.05) is 0 Å². The number of hydrogen-bond donors (Lipinski definition) is 0. The topological polar surface area (TPSA) is 30.7 Å². The van der Waals surface area contributed by atoms with Gasteiger partial charge in [-0.2, -0.15) is 0 Å². The average Bonchev–Trinajstić information content (AvgIpc) is 3.23. The molecule has 0 unspecified atom stereocenters. The molecule has 2 aromatic heterocycles. The molecular weight excluding hydrogens is 338 g/mol. The fourth-order valence-electron chi connectivity index (χ4n) is 2.58. The Hall–Kier alpha value is -1.39. The van der Waals surface area contributed by atoms with E-state index in [4.69, 9.17) is 11.6 Å². The standard InChI is InChI=1S/C15H11BrClN3/c16-12-7-18-15(17)19-14(12)11-8-20(9-5-6-9)13-4-2-1-3-10(11)13/h1-4,7-9H,5-6H2. The van der Waals surface area contributed by atoms with Crippen molar-refractivity contribution in [3.63, 3.8) is 0 Å². The predicted molar refractivity (Wildman–Crippen MR) is 83.9 cm³/mol. The van der Waals surface area contributed by atoms with E-state index in [1.165, 1.54) is 23.7 Å². The highest BCUT2D eigenvalue weighted by Crippen LogP contribution is 2.42. The minimum absolute atomic E-state index is 0.270. The molecule has 1 aliphatic rings. The maximum absolute atomic E-state index is 5.95. The Kier molecular flexibility index (Phi) is 2.82. The molecule has 0 spiro atoms. The molecule has 1 saturated carbocycles. The lowest BCUT2D eigenvalue weighted by Gasteiger charge is -2.01. The molecule has 0 N–H and O–H groups in total. The number of benzene rings is 1. The Morgan fingerprint density at radius 2 is 2.05 bits per heavy atom. The summed E-state index contributed by atoms with van der Waals surface area (Å²) in [7, 11) is 0. The van der Waals surface area contributed by atoms with E-state index in [2.05, 4.69) is 60.9 Å². The zero-order valence-electron chi connectivity index (χ0n) is 10.6. The summed E-state index contributed by atoms with van der Waals surface area (Å²) in [4.78, 5) is 8.38. The molecule has 0 saturated heterocycles. The molecule has 20 heavy (non-hydrogen) atoms. The van der Waals surface area contributed by atoms with Gasteiger partial charge in [0.1, 0.15) is 0 Å². The Morgan fingerprint density at radius 3 is 2.85 bits per heavy atom. The molecule has 0 amide bonds. The van der Waals surface area contributed by atoms with Crippen molar-refractivity contribution in [1.82, 2.24) is 14.5 Å². The van der Waals surface area contributed by atoms with Gasteiger partial charge in [-0.05, 0) is 46.4 Å². The van der Waals surface area contributed by atoms with Crippen LogP contribution in [0.3, 0.4) is 0 Å². The van der Waals surface area contributed by atoms with Crippen LogP contribution in [0.2, 0.25) is 5.28 Å². The molecule has 3 nitrogen and oxygen atoms in total. The third-order valence-electron chi connectivity index (χ3n) is 3.65. The molecule has 2 heterocycles. The maximum Gasteiger partial charge on any atom is 0.222 e. The highest BCUT2D eigenvalue weighted by Gasteiger charge is 2.26. The van der Waals surface area contributed by atoms with E-state index in [0.29, 0.717) is 6.04 Å². The molecule has 3 aromatic rings. The summed E-state index contributed by atoms with van der Waals surface area (Å²) in [5.74, 6) is 0. The van der Waals surface area contributed by atoms with Crippen LogP contribution in [-0.4, -0.2) is 14.5 Å². The van der Waals surface area contributed by atoms with Gasteiger partial charge in [-0.15, -0.1) is 0 Å². The van der Waals surface area contributed by atoms with Gasteiger partial charge in [0.05, 0.1) is 10.2 Å². The minimum Gasteiger partial charge on any atom is -0.344 e. The summed E-state index contributed by atoms with van der Waals surface area (Å²) in [5.41, 5.74) is 3.20. The summed E-state index contributed by atoms with van der Waals surface area (Å²) in [6, 6.07) is 9.05. The van der Waals surface area contributed by atoms with Gasteiger partial charge in [-0.25, -0.2) is 9.97 Å². The van der Waals surface area contributed by atoms with E-state index >= 15 is 0 Å². The van der Waals surface area contributed by atoms with Gasteiger partial charge in [-0.3, -0.25) is 0 Å². The number of aromatic nitrogens is 3. The molecule has 0 bridgehead atoms.